The van der Waals surface area contributed by atoms with E-state index in [0.29, 0.717) is 32.1 Å². The molecule has 1 N–H and O–H groups in total. The Hall–Kier alpha value is -1.25. The number of ether oxygens (including phenoxy) is 2. The van der Waals surface area contributed by atoms with Crippen LogP contribution >= 0.6 is 0 Å². The molecule has 0 unspecified atom stereocenters. The normalized spacial score (nSPS) is 20.1. The van der Waals surface area contributed by atoms with Crippen LogP contribution < -0.4 is 5.32 Å². The van der Waals surface area contributed by atoms with Crippen LogP contribution in [0.25, 0.3) is 0 Å². The Kier molecular flexibility index (Phi) is 4.90. The van der Waals surface area contributed by atoms with Gasteiger partial charge in [-0.1, -0.05) is 0 Å². The van der Waals surface area contributed by atoms with Gasteiger partial charge in [0.15, 0.2) is 0 Å². The topological polar surface area (TPSA) is 64.6 Å². The fourth-order valence-electron chi connectivity index (χ4n) is 1.75. The molecule has 0 spiro atoms. The van der Waals surface area contributed by atoms with Gasteiger partial charge in [-0.25, -0.2) is 8.42 Å². The van der Waals surface area contributed by atoms with Gasteiger partial charge in [-0.05, 0) is 24.3 Å². The van der Waals surface area contributed by atoms with Gasteiger partial charge in [0.1, 0.15) is 0 Å². The van der Waals surface area contributed by atoms with Crippen LogP contribution in [-0.2, 0) is 19.3 Å². The van der Waals surface area contributed by atoms with Crippen LogP contribution in [0, 0.1) is 0 Å². The first-order valence-corrected chi connectivity index (χ1v) is 7.60. The highest BCUT2D eigenvalue weighted by atomic mass is 32.2. The average Bonchev–Trinajstić information content (AvgIpc) is 2.46. The van der Waals surface area contributed by atoms with Crippen LogP contribution in [0.1, 0.15) is 0 Å². The molecule has 1 aromatic rings. The summed E-state index contributed by atoms with van der Waals surface area (Å²) in [6, 6.07) is 5.20. The second kappa shape index (κ2) is 6.47. The van der Waals surface area contributed by atoms with Crippen molar-refractivity contribution in [3.8, 4) is 0 Å². The van der Waals surface area contributed by atoms with Crippen molar-refractivity contribution in [1.29, 1.82) is 0 Å². The van der Waals surface area contributed by atoms with Crippen LogP contribution in [0.2, 0.25) is 0 Å². The van der Waals surface area contributed by atoms with E-state index in [2.05, 4.69) is 5.32 Å². The summed E-state index contributed by atoms with van der Waals surface area (Å²) in [6.45, 7) is 2.11. The Balaban J connectivity index is 1.94. The molecule has 1 aliphatic heterocycles. The molecule has 1 fully saturated rings. The molecule has 8 heteroatoms. The maximum absolute atomic E-state index is 12.4. The predicted octanol–water partition coefficient (Wildman–Crippen LogP) is 1.51. The van der Waals surface area contributed by atoms with Crippen LogP contribution in [0.5, 0.6) is 0 Å². The largest absolute Gasteiger partial charge is 0.382 e. The molecule has 1 saturated heterocycles. The summed E-state index contributed by atoms with van der Waals surface area (Å²) in [4.78, 5) is -0.393. The van der Waals surface area contributed by atoms with Gasteiger partial charge in [-0.15, -0.1) is 0 Å². The Morgan fingerprint density at radius 2 is 1.95 bits per heavy atom. The van der Waals surface area contributed by atoms with Crippen molar-refractivity contribution in [2.24, 2.45) is 0 Å². The first kappa shape index (κ1) is 15.1. The molecule has 1 heterocycles. The third kappa shape index (κ3) is 3.65. The maximum atomic E-state index is 12.4. The molecule has 0 aromatic heterocycles. The molecule has 0 bridgehead atoms. The summed E-state index contributed by atoms with van der Waals surface area (Å²) in [7, 11) is -4.53. The highest BCUT2D eigenvalue weighted by molar-refractivity contribution is 7.91. The molecule has 1 atom stereocenters. The zero-order valence-corrected chi connectivity index (χ0v) is 11.4. The molecule has 2 rings (SSSR count). The Morgan fingerprint density at radius 1 is 1.25 bits per heavy atom. The minimum Gasteiger partial charge on any atom is -0.382 e. The fraction of sp³-hybridized carbons (Fsp3) is 0.500. The van der Waals surface area contributed by atoms with Crippen molar-refractivity contribution >= 4 is 15.5 Å². The van der Waals surface area contributed by atoms with E-state index in [1.807, 2.05) is 0 Å². The quantitative estimate of drug-likeness (QED) is 0.893. The monoisotopic (exact) mass is 307 g/mol. The van der Waals surface area contributed by atoms with Gasteiger partial charge in [0, 0.05) is 12.2 Å². The molecule has 0 saturated carbocycles. The maximum Gasteiger partial charge on any atom is 0.341 e. The molecule has 0 radical (unpaired) electrons. The number of hydrogen-bond acceptors (Lipinski definition) is 5. The lowest BCUT2D eigenvalue weighted by molar-refractivity contribution is -0.0818. The van der Waals surface area contributed by atoms with Crippen LogP contribution in [0.15, 0.2) is 29.2 Å². The Bertz CT molecular complexity index is 527. The minimum atomic E-state index is -4.53. The van der Waals surface area contributed by atoms with Crippen LogP contribution in [-0.4, -0.2) is 46.6 Å². The summed E-state index contributed by atoms with van der Waals surface area (Å²) < 4.78 is 57.9. The van der Waals surface area contributed by atoms with E-state index in [9.17, 15) is 17.2 Å². The standard InChI is InChI=1S/C12H15F2NO4S/c13-12(14)20(16,17)11-3-1-9(2-4-11)15-7-10-8-18-5-6-19-10/h1-4,10,12,15H,5-8H2/t10-/m0/s1. The van der Waals surface area contributed by atoms with Crippen molar-refractivity contribution in [1.82, 2.24) is 0 Å². The lowest BCUT2D eigenvalue weighted by atomic mass is 10.3. The molecule has 5 nitrogen and oxygen atoms in total. The average molecular weight is 307 g/mol. The smallest absolute Gasteiger partial charge is 0.341 e. The molecule has 1 aliphatic rings. The number of sulfone groups is 1. The number of hydrogen-bond donors (Lipinski definition) is 1. The van der Waals surface area contributed by atoms with E-state index in [4.69, 9.17) is 9.47 Å². The number of rotatable bonds is 5. The lowest BCUT2D eigenvalue weighted by Gasteiger charge is -2.23. The van der Waals surface area contributed by atoms with Crippen molar-refractivity contribution < 1.29 is 26.7 Å². The lowest BCUT2D eigenvalue weighted by Crippen LogP contribution is -2.34. The molecule has 0 aliphatic carbocycles. The van der Waals surface area contributed by atoms with E-state index < -0.39 is 20.5 Å². The summed E-state index contributed by atoms with van der Waals surface area (Å²) in [6.07, 6.45) is -0.0757. The van der Waals surface area contributed by atoms with Gasteiger partial charge in [-0.3, -0.25) is 0 Å². The number of nitrogens with one attached hydrogen (secondary N) is 1. The zero-order valence-electron chi connectivity index (χ0n) is 10.6. The summed E-state index contributed by atoms with van der Waals surface area (Å²) in [5.74, 6) is -3.41. The van der Waals surface area contributed by atoms with Gasteiger partial charge in [0.25, 0.3) is 0 Å². The van der Waals surface area contributed by atoms with E-state index in [-0.39, 0.29) is 6.10 Å². The first-order valence-electron chi connectivity index (χ1n) is 6.05. The van der Waals surface area contributed by atoms with Gasteiger partial charge >= 0.3 is 5.76 Å². The van der Waals surface area contributed by atoms with Crippen molar-refractivity contribution in [2.45, 2.75) is 16.8 Å². The minimum absolute atomic E-state index is 0.0757. The molecular weight excluding hydrogens is 292 g/mol. The van der Waals surface area contributed by atoms with Gasteiger partial charge in [0.05, 0.1) is 30.8 Å². The van der Waals surface area contributed by atoms with Gasteiger partial charge in [-0.2, -0.15) is 8.78 Å². The summed E-state index contributed by atoms with van der Waals surface area (Å²) in [5, 5.41) is 3.03. The number of anilines is 1. The molecule has 112 valence electrons. The fourth-order valence-corrected chi connectivity index (χ4v) is 2.47. The highest BCUT2D eigenvalue weighted by Gasteiger charge is 2.26. The summed E-state index contributed by atoms with van der Waals surface area (Å²) >= 11 is 0. The number of alkyl halides is 2. The zero-order chi connectivity index (χ0) is 14.6. The van der Waals surface area contributed by atoms with E-state index >= 15 is 0 Å². The second-order valence-electron chi connectivity index (χ2n) is 4.28. The predicted molar refractivity (Wildman–Crippen MR) is 68.7 cm³/mol. The SMILES string of the molecule is O=S(=O)(c1ccc(NC[C@H]2COCCO2)cc1)C(F)F. The molecule has 20 heavy (non-hydrogen) atoms. The van der Waals surface area contributed by atoms with E-state index in [1.165, 1.54) is 12.1 Å². The van der Waals surface area contributed by atoms with Crippen LogP contribution in [0.4, 0.5) is 14.5 Å². The van der Waals surface area contributed by atoms with Crippen molar-refractivity contribution in [3.63, 3.8) is 0 Å². The number of benzene rings is 1. The van der Waals surface area contributed by atoms with Crippen molar-refractivity contribution in [3.05, 3.63) is 24.3 Å². The van der Waals surface area contributed by atoms with E-state index in [1.54, 1.807) is 0 Å². The van der Waals surface area contributed by atoms with Gasteiger partial charge < -0.3 is 14.8 Å². The molecule has 0 amide bonds. The highest BCUT2D eigenvalue weighted by Crippen LogP contribution is 2.20. The molecule has 1 aromatic carbocycles. The van der Waals surface area contributed by atoms with E-state index in [0.717, 1.165) is 12.1 Å². The third-order valence-electron chi connectivity index (χ3n) is 2.84. The third-order valence-corrected chi connectivity index (χ3v) is 4.23. The Labute approximate surface area is 115 Å². The van der Waals surface area contributed by atoms with Crippen LogP contribution in [0.3, 0.4) is 0 Å². The van der Waals surface area contributed by atoms with Gasteiger partial charge in [0.2, 0.25) is 9.84 Å². The Morgan fingerprint density at radius 3 is 2.50 bits per heavy atom. The first-order chi connectivity index (χ1) is 9.50. The molecular formula is C12H15F2NO4S. The second-order valence-corrected chi connectivity index (χ2v) is 6.20. The summed E-state index contributed by atoms with van der Waals surface area (Å²) in [5.41, 5.74) is 0.632. The number of halogens is 2. The van der Waals surface area contributed by atoms with Crippen molar-refractivity contribution in [2.75, 3.05) is 31.7 Å².